The number of aromatic hydroxyl groups is 1. The summed E-state index contributed by atoms with van der Waals surface area (Å²) in [6.07, 6.45) is 5.26. The van der Waals surface area contributed by atoms with Crippen LogP contribution in [0.25, 0.3) is 0 Å². The molecule has 0 bridgehead atoms. The lowest BCUT2D eigenvalue weighted by molar-refractivity contribution is 0.0632. The van der Waals surface area contributed by atoms with Crippen LogP contribution in [0.4, 0.5) is 0 Å². The van der Waals surface area contributed by atoms with Crippen molar-refractivity contribution in [3.63, 3.8) is 0 Å². The Morgan fingerprint density at radius 2 is 2.00 bits per heavy atom. The Hall–Kier alpha value is -1.85. The second-order valence-corrected chi connectivity index (χ2v) is 6.38. The molecule has 1 saturated carbocycles. The van der Waals surface area contributed by atoms with Crippen LogP contribution in [-0.4, -0.2) is 32.2 Å². The summed E-state index contributed by atoms with van der Waals surface area (Å²) in [5.41, 5.74) is 1.08. The number of nitrogens with zero attached hydrogens (tertiary/aromatic N) is 2. The van der Waals surface area contributed by atoms with Crippen LogP contribution in [0.5, 0.6) is 5.75 Å². The summed E-state index contributed by atoms with van der Waals surface area (Å²) in [7, 11) is 0. The minimum atomic E-state index is -0.165. The molecular weight excluding hydrogens is 292 g/mol. The molecule has 1 aromatic heterocycles. The third-order valence-electron chi connectivity index (χ3n) is 4.51. The van der Waals surface area contributed by atoms with Crippen molar-refractivity contribution < 1.29 is 14.6 Å². The molecule has 3 rings (SSSR count). The number of phenolic OH excluding ortho intramolecular Hbond substituents is 1. The van der Waals surface area contributed by atoms with Gasteiger partial charge in [-0.25, -0.2) is 4.98 Å². The fraction of sp³-hybridized carbons (Fsp3) is 0.500. The molecule has 5 heteroatoms. The SMILES string of the molecule is Cc1ncc(CN(Cc2cccc(O)c2)C2CCC(O)CC2)o1. The van der Waals surface area contributed by atoms with Gasteiger partial charge in [-0.15, -0.1) is 0 Å². The van der Waals surface area contributed by atoms with Gasteiger partial charge in [0.2, 0.25) is 0 Å². The van der Waals surface area contributed by atoms with Crippen LogP contribution in [-0.2, 0) is 13.1 Å². The van der Waals surface area contributed by atoms with E-state index in [0.29, 0.717) is 18.5 Å². The van der Waals surface area contributed by atoms with E-state index in [-0.39, 0.29) is 11.9 Å². The highest BCUT2D eigenvalue weighted by Gasteiger charge is 2.26. The van der Waals surface area contributed by atoms with Crippen LogP contribution in [0.1, 0.15) is 42.9 Å². The molecule has 2 aromatic rings. The highest BCUT2D eigenvalue weighted by atomic mass is 16.4. The molecule has 5 nitrogen and oxygen atoms in total. The highest BCUT2D eigenvalue weighted by molar-refractivity contribution is 5.27. The zero-order chi connectivity index (χ0) is 16.2. The Morgan fingerprint density at radius 1 is 1.22 bits per heavy atom. The van der Waals surface area contributed by atoms with Crippen molar-refractivity contribution in [1.29, 1.82) is 0 Å². The molecule has 0 radical (unpaired) electrons. The van der Waals surface area contributed by atoms with Crippen molar-refractivity contribution in [3.8, 4) is 5.75 Å². The Morgan fingerprint density at radius 3 is 2.65 bits per heavy atom. The number of aliphatic hydroxyl groups is 1. The first-order valence-corrected chi connectivity index (χ1v) is 8.21. The third-order valence-corrected chi connectivity index (χ3v) is 4.51. The molecule has 0 saturated heterocycles. The number of hydrogen-bond donors (Lipinski definition) is 2. The van der Waals surface area contributed by atoms with Crippen molar-refractivity contribution in [3.05, 3.63) is 47.7 Å². The third kappa shape index (κ3) is 4.33. The van der Waals surface area contributed by atoms with Crippen molar-refractivity contribution in [2.75, 3.05) is 0 Å². The summed E-state index contributed by atoms with van der Waals surface area (Å²) in [6, 6.07) is 7.79. The van der Waals surface area contributed by atoms with E-state index in [1.54, 1.807) is 18.3 Å². The maximum absolute atomic E-state index is 9.75. The molecule has 1 fully saturated rings. The molecule has 1 heterocycles. The summed E-state index contributed by atoms with van der Waals surface area (Å²) >= 11 is 0. The van der Waals surface area contributed by atoms with E-state index in [4.69, 9.17) is 4.42 Å². The summed E-state index contributed by atoms with van der Waals surface area (Å²) < 4.78 is 5.64. The number of phenols is 1. The van der Waals surface area contributed by atoms with Gasteiger partial charge in [-0.3, -0.25) is 4.90 Å². The number of rotatable bonds is 5. The van der Waals surface area contributed by atoms with Gasteiger partial charge >= 0.3 is 0 Å². The average Bonchev–Trinajstić information content (AvgIpc) is 2.93. The van der Waals surface area contributed by atoms with Crippen LogP contribution in [0.3, 0.4) is 0 Å². The maximum atomic E-state index is 9.75. The molecule has 1 aliphatic rings. The monoisotopic (exact) mass is 316 g/mol. The van der Waals surface area contributed by atoms with Gasteiger partial charge in [-0.05, 0) is 43.4 Å². The Balaban J connectivity index is 1.74. The van der Waals surface area contributed by atoms with Gasteiger partial charge in [0, 0.05) is 19.5 Å². The molecule has 124 valence electrons. The van der Waals surface area contributed by atoms with E-state index in [2.05, 4.69) is 9.88 Å². The molecule has 2 N–H and O–H groups in total. The number of aromatic nitrogens is 1. The van der Waals surface area contributed by atoms with E-state index < -0.39 is 0 Å². The van der Waals surface area contributed by atoms with E-state index in [1.807, 2.05) is 19.1 Å². The van der Waals surface area contributed by atoms with Crippen LogP contribution in [0.15, 0.2) is 34.9 Å². The lowest BCUT2D eigenvalue weighted by atomic mass is 9.91. The van der Waals surface area contributed by atoms with E-state index in [1.165, 1.54) is 0 Å². The van der Waals surface area contributed by atoms with Gasteiger partial charge in [-0.2, -0.15) is 0 Å². The number of oxazole rings is 1. The molecule has 0 spiro atoms. The lowest BCUT2D eigenvalue weighted by Gasteiger charge is -2.35. The number of aliphatic hydroxyl groups excluding tert-OH is 1. The lowest BCUT2D eigenvalue weighted by Crippen LogP contribution is -2.38. The standard InChI is InChI=1S/C18H24N2O3/c1-13-19-10-18(23-13)12-20(15-5-7-16(21)8-6-15)11-14-3-2-4-17(22)9-14/h2-4,9-10,15-16,21-22H,5-8,11-12H2,1H3. The van der Waals surface area contributed by atoms with Crippen LogP contribution >= 0.6 is 0 Å². The van der Waals surface area contributed by atoms with Crippen molar-refractivity contribution in [2.24, 2.45) is 0 Å². The second kappa shape index (κ2) is 7.15. The molecule has 1 aromatic carbocycles. The molecule has 0 atom stereocenters. The van der Waals surface area contributed by atoms with Gasteiger partial charge < -0.3 is 14.6 Å². The minimum absolute atomic E-state index is 0.165. The van der Waals surface area contributed by atoms with E-state index in [9.17, 15) is 10.2 Å². The first kappa shape index (κ1) is 16.0. The van der Waals surface area contributed by atoms with Crippen LogP contribution in [0, 0.1) is 6.92 Å². The Labute approximate surface area is 136 Å². The second-order valence-electron chi connectivity index (χ2n) is 6.38. The molecule has 0 amide bonds. The zero-order valence-corrected chi connectivity index (χ0v) is 13.5. The first-order chi connectivity index (χ1) is 11.1. The van der Waals surface area contributed by atoms with Gasteiger partial charge in [0.05, 0.1) is 18.8 Å². The number of aryl methyl sites for hydroxylation is 1. The highest BCUT2D eigenvalue weighted by Crippen LogP contribution is 2.26. The molecule has 1 aliphatic carbocycles. The summed E-state index contributed by atoms with van der Waals surface area (Å²) in [6.45, 7) is 3.28. The van der Waals surface area contributed by atoms with E-state index in [0.717, 1.165) is 43.6 Å². The van der Waals surface area contributed by atoms with Crippen molar-refractivity contribution in [2.45, 2.75) is 57.8 Å². The summed E-state index contributed by atoms with van der Waals surface area (Å²) in [5.74, 6) is 1.82. The zero-order valence-electron chi connectivity index (χ0n) is 13.5. The Kier molecular flexibility index (Phi) is 4.98. The molecule has 23 heavy (non-hydrogen) atoms. The van der Waals surface area contributed by atoms with Crippen molar-refractivity contribution >= 4 is 0 Å². The smallest absolute Gasteiger partial charge is 0.191 e. The largest absolute Gasteiger partial charge is 0.508 e. The minimum Gasteiger partial charge on any atom is -0.508 e. The van der Waals surface area contributed by atoms with Crippen LogP contribution in [0.2, 0.25) is 0 Å². The molecule has 0 aliphatic heterocycles. The summed E-state index contributed by atoms with van der Waals surface area (Å²) in [4.78, 5) is 6.54. The molecular formula is C18H24N2O3. The van der Waals surface area contributed by atoms with Crippen molar-refractivity contribution in [1.82, 2.24) is 9.88 Å². The fourth-order valence-corrected chi connectivity index (χ4v) is 3.31. The average molecular weight is 316 g/mol. The quantitative estimate of drug-likeness (QED) is 0.887. The van der Waals surface area contributed by atoms with E-state index >= 15 is 0 Å². The predicted molar refractivity (Wildman–Crippen MR) is 86.9 cm³/mol. The Bertz CT molecular complexity index is 633. The van der Waals surface area contributed by atoms with Gasteiger partial charge in [0.25, 0.3) is 0 Å². The van der Waals surface area contributed by atoms with Gasteiger partial charge in [0.1, 0.15) is 11.5 Å². The van der Waals surface area contributed by atoms with Gasteiger partial charge in [-0.1, -0.05) is 12.1 Å². The maximum Gasteiger partial charge on any atom is 0.191 e. The topological polar surface area (TPSA) is 69.7 Å². The fourth-order valence-electron chi connectivity index (χ4n) is 3.31. The van der Waals surface area contributed by atoms with Crippen LogP contribution < -0.4 is 0 Å². The predicted octanol–water partition coefficient (Wildman–Crippen LogP) is 2.99. The number of hydrogen-bond acceptors (Lipinski definition) is 5. The normalized spacial score (nSPS) is 21.7. The summed E-state index contributed by atoms with van der Waals surface area (Å²) in [5, 5.41) is 19.4. The first-order valence-electron chi connectivity index (χ1n) is 8.21. The number of benzene rings is 1. The van der Waals surface area contributed by atoms with Gasteiger partial charge in [0.15, 0.2) is 5.89 Å². The molecule has 0 unspecified atom stereocenters.